The van der Waals surface area contributed by atoms with Crippen molar-refractivity contribution >= 4 is 5.69 Å². The molecule has 1 aromatic rings. The Morgan fingerprint density at radius 2 is 2.00 bits per heavy atom. The molecule has 0 aliphatic carbocycles. The van der Waals surface area contributed by atoms with Crippen LogP contribution in [0.4, 0.5) is 5.69 Å². The molecule has 2 nitrogen and oxygen atoms in total. The summed E-state index contributed by atoms with van der Waals surface area (Å²) in [7, 11) is 2.14. The first-order valence-corrected chi connectivity index (χ1v) is 5.88. The topological polar surface area (TPSA) is 16.1 Å². The van der Waals surface area contributed by atoms with Crippen molar-refractivity contribution in [1.82, 2.24) is 4.98 Å². The van der Waals surface area contributed by atoms with Crippen molar-refractivity contribution in [3.8, 4) is 0 Å². The first-order chi connectivity index (χ1) is 7.18. The molecular weight excluding hydrogens is 184 g/mol. The first-order valence-electron chi connectivity index (χ1n) is 5.88. The Bertz CT molecular complexity index is 318. The molecule has 84 valence electrons. The van der Waals surface area contributed by atoms with Crippen LogP contribution in [0.1, 0.15) is 44.9 Å². The molecule has 0 amide bonds. The number of anilines is 1. The molecule has 0 unspecified atom stereocenters. The molecule has 1 aliphatic rings. The lowest BCUT2D eigenvalue weighted by Gasteiger charge is -2.13. The molecule has 1 aliphatic heterocycles. The van der Waals surface area contributed by atoms with Gasteiger partial charge in [-0.1, -0.05) is 27.7 Å². The summed E-state index contributed by atoms with van der Waals surface area (Å²) in [4.78, 5) is 6.78. The van der Waals surface area contributed by atoms with Crippen LogP contribution in [0.25, 0.3) is 0 Å². The van der Waals surface area contributed by atoms with Gasteiger partial charge in [0.15, 0.2) is 0 Å². The Morgan fingerprint density at radius 1 is 1.33 bits per heavy atom. The lowest BCUT2D eigenvalue weighted by Crippen LogP contribution is -2.12. The molecule has 2 heterocycles. The van der Waals surface area contributed by atoms with E-state index in [0.717, 1.165) is 13.0 Å². The van der Waals surface area contributed by atoms with Crippen LogP contribution in [-0.2, 0) is 6.42 Å². The number of likely N-dealkylation sites (N-methyl/N-ethyl adjacent to an activating group) is 1. The van der Waals surface area contributed by atoms with Gasteiger partial charge in [0.1, 0.15) is 0 Å². The summed E-state index contributed by atoms with van der Waals surface area (Å²) in [5.74, 6) is 0.576. The molecule has 0 spiro atoms. The standard InChI is InChI=1S/C11H16N2.C2H6/c1-8(2)9-6-11-10(12-7-9)4-5-13(11)3;1-2/h6-8H,4-5H2,1-3H3;1-2H3. The second-order valence-electron chi connectivity index (χ2n) is 4.06. The van der Waals surface area contributed by atoms with E-state index in [2.05, 4.69) is 36.8 Å². The lowest BCUT2D eigenvalue weighted by molar-refractivity contribution is 0.855. The lowest BCUT2D eigenvalue weighted by atomic mass is 10.0. The van der Waals surface area contributed by atoms with Crippen LogP contribution in [0.5, 0.6) is 0 Å². The predicted molar refractivity (Wildman–Crippen MR) is 66.6 cm³/mol. The fraction of sp³-hybridized carbons (Fsp3) is 0.615. The smallest absolute Gasteiger partial charge is 0.0654 e. The number of aromatic nitrogens is 1. The van der Waals surface area contributed by atoms with E-state index in [1.807, 2.05) is 20.0 Å². The number of fused-ring (bicyclic) bond motifs is 1. The summed E-state index contributed by atoms with van der Waals surface area (Å²) in [5.41, 5.74) is 3.92. The van der Waals surface area contributed by atoms with E-state index in [0.29, 0.717) is 5.92 Å². The number of rotatable bonds is 1. The zero-order chi connectivity index (χ0) is 11.4. The fourth-order valence-corrected chi connectivity index (χ4v) is 1.73. The zero-order valence-electron chi connectivity index (χ0n) is 10.5. The minimum absolute atomic E-state index is 0.576. The highest BCUT2D eigenvalue weighted by atomic mass is 15.1. The van der Waals surface area contributed by atoms with Gasteiger partial charge >= 0.3 is 0 Å². The Kier molecular flexibility index (Phi) is 4.13. The fourth-order valence-electron chi connectivity index (χ4n) is 1.73. The van der Waals surface area contributed by atoms with E-state index in [1.165, 1.54) is 16.9 Å². The third kappa shape index (κ3) is 2.49. The van der Waals surface area contributed by atoms with Crippen LogP contribution in [0.2, 0.25) is 0 Å². The molecule has 0 N–H and O–H groups in total. The van der Waals surface area contributed by atoms with Gasteiger partial charge in [-0.05, 0) is 17.5 Å². The Hall–Kier alpha value is -1.05. The quantitative estimate of drug-likeness (QED) is 0.701. The average Bonchev–Trinajstić information content (AvgIpc) is 2.63. The van der Waals surface area contributed by atoms with E-state index in [1.54, 1.807) is 0 Å². The van der Waals surface area contributed by atoms with E-state index in [-0.39, 0.29) is 0 Å². The maximum absolute atomic E-state index is 4.49. The maximum atomic E-state index is 4.49. The average molecular weight is 206 g/mol. The first kappa shape index (κ1) is 12.0. The van der Waals surface area contributed by atoms with Gasteiger partial charge in [0, 0.05) is 26.2 Å². The molecule has 2 rings (SSSR count). The van der Waals surface area contributed by atoms with Crippen LogP contribution in [-0.4, -0.2) is 18.6 Å². The molecule has 0 saturated heterocycles. The SMILES string of the molecule is CC.CC(C)c1cnc2c(c1)N(C)CC2. The largest absolute Gasteiger partial charge is 0.373 e. The van der Waals surface area contributed by atoms with E-state index >= 15 is 0 Å². The third-order valence-electron chi connectivity index (χ3n) is 2.73. The number of hydrogen-bond donors (Lipinski definition) is 0. The van der Waals surface area contributed by atoms with Crippen LogP contribution >= 0.6 is 0 Å². The molecular formula is C13H22N2. The van der Waals surface area contributed by atoms with Crippen molar-refractivity contribution in [3.05, 3.63) is 23.5 Å². The van der Waals surface area contributed by atoms with Crippen molar-refractivity contribution in [2.24, 2.45) is 0 Å². The van der Waals surface area contributed by atoms with Gasteiger partial charge in [0.2, 0.25) is 0 Å². The van der Waals surface area contributed by atoms with Crippen LogP contribution in [0.15, 0.2) is 12.3 Å². The Morgan fingerprint density at radius 3 is 2.60 bits per heavy atom. The Labute approximate surface area is 93.3 Å². The van der Waals surface area contributed by atoms with Crippen molar-refractivity contribution in [3.63, 3.8) is 0 Å². The van der Waals surface area contributed by atoms with Crippen LogP contribution < -0.4 is 4.90 Å². The van der Waals surface area contributed by atoms with Crippen LogP contribution in [0.3, 0.4) is 0 Å². The van der Waals surface area contributed by atoms with Crippen LogP contribution in [0, 0.1) is 0 Å². The number of nitrogens with zero attached hydrogens (tertiary/aromatic N) is 2. The molecule has 15 heavy (non-hydrogen) atoms. The molecule has 1 aromatic heterocycles. The normalized spacial score (nSPS) is 13.6. The third-order valence-corrected chi connectivity index (χ3v) is 2.73. The van der Waals surface area contributed by atoms with Gasteiger partial charge in [-0.2, -0.15) is 0 Å². The summed E-state index contributed by atoms with van der Waals surface area (Å²) < 4.78 is 0. The molecule has 0 aromatic carbocycles. The molecule has 0 radical (unpaired) electrons. The van der Waals surface area contributed by atoms with Gasteiger partial charge in [0.25, 0.3) is 0 Å². The van der Waals surface area contributed by atoms with Gasteiger partial charge in [-0.15, -0.1) is 0 Å². The van der Waals surface area contributed by atoms with Gasteiger partial charge in [-0.25, -0.2) is 0 Å². The van der Waals surface area contributed by atoms with Crippen molar-refractivity contribution in [2.45, 2.75) is 40.0 Å². The molecule has 0 saturated carbocycles. The Balaban J connectivity index is 0.000000531. The predicted octanol–water partition coefficient (Wildman–Crippen LogP) is 3.22. The summed E-state index contributed by atoms with van der Waals surface area (Å²) in [6.45, 7) is 9.53. The molecule has 0 atom stereocenters. The van der Waals surface area contributed by atoms with Gasteiger partial charge in [0.05, 0.1) is 11.4 Å². The zero-order valence-corrected chi connectivity index (χ0v) is 10.5. The number of hydrogen-bond acceptors (Lipinski definition) is 2. The summed E-state index contributed by atoms with van der Waals surface area (Å²) in [5, 5.41) is 0. The maximum Gasteiger partial charge on any atom is 0.0654 e. The van der Waals surface area contributed by atoms with Crippen molar-refractivity contribution < 1.29 is 0 Å². The summed E-state index contributed by atoms with van der Waals surface area (Å²) in [6, 6.07) is 2.28. The highest BCUT2D eigenvalue weighted by Crippen LogP contribution is 2.27. The summed E-state index contributed by atoms with van der Waals surface area (Å²) in [6.07, 6.45) is 3.12. The minimum Gasteiger partial charge on any atom is -0.373 e. The van der Waals surface area contributed by atoms with Gasteiger partial charge in [-0.3, -0.25) is 4.98 Å². The van der Waals surface area contributed by atoms with Crippen molar-refractivity contribution in [1.29, 1.82) is 0 Å². The minimum atomic E-state index is 0.576. The van der Waals surface area contributed by atoms with E-state index < -0.39 is 0 Å². The summed E-state index contributed by atoms with van der Waals surface area (Å²) >= 11 is 0. The second kappa shape index (κ2) is 5.15. The van der Waals surface area contributed by atoms with Crippen molar-refractivity contribution in [2.75, 3.05) is 18.5 Å². The molecule has 2 heteroatoms. The highest BCUT2D eigenvalue weighted by molar-refractivity contribution is 5.55. The van der Waals surface area contributed by atoms with E-state index in [9.17, 15) is 0 Å². The number of pyridine rings is 1. The highest BCUT2D eigenvalue weighted by Gasteiger charge is 2.17. The van der Waals surface area contributed by atoms with E-state index in [4.69, 9.17) is 0 Å². The molecule has 0 bridgehead atoms. The monoisotopic (exact) mass is 206 g/mol. The second-order valence-corrected chi connectivity index (χ2v) is 4.06. The molecule has 0 fully saturated rings. The van der Waals surface area contributed by atoms with Gasteiger partial charge < -0.3 is 4.90 Å².